The highest BCUT2D eigenvalue weighted by molar-refractivity contribution is 5.60. The van der Waals surface area contributed by atoms with Crippen molar-refractivity contribution in [3.63, 3.8) is 0 Å². The molecule has 1 aromatic carbocycles. The van der Waals surface area contributed by atoms with Crippen LogP contribution in [0.3, 0.4) is 0 Å². The van der Waals surface area contributed by atoms with Crippen molar-refractivity contribution in [2.45, 2.75) is 20.0 Å². The van der Waals surface area contributed by atoms with E-state index in [1.807, 2.05) is 22.9 Å². The van der Waals surface area contributed by atoms with E-state index in [1.165, 1.54) is 0 Å². The Hall–Kier alpha value is -2.17. The number of hydrogen-bond acceptors (Lipinski definition) is 4. The molecule has 0 amide bonds. The summed E-state index contributed by atoms with van der Waals surface area (Å²) in [7, 11) is 0. The van der Waals surface area contributed by atoms with Crippen LogP contribution in [0.1, 0.15) is 12.6 Å². The van der Waals surface area contributed by atoms with Gasteiger partial charge in [0.25, 0.3) is 0 Å². The molecule has 3 rings (SSSR count). The second kappa shape index (κ2) is 4.84. The quantitative estimate of drug-likeness (QED) is 0.913. The van der Waals surface area contributed by atoms with Crippen LogP contribution in [0.4, 0.5) is 11.4 Å². The Morgan fingerprint density at radius 2 is 2.21 bits per heavy atom. The minimum Gasteiger partial charge on any atom is -0.490 e. The highest BCUT2D eigenvalue weighted by Crippen LogP contribution is 2.32. The highest BCUT2D eigenvalue weighted by Gasteiger charge is 2.20. The van der Waals surface area contributed by atoms with Gasteiger partial charge in [-0.05, 0) is 19.1 Å². The van der Waals surface area contributed by atoms with Gasteiger partial charge >= 0.3 is 0 Å². The van der Waals surface area contributed by atoms with E-state index in [2.05, 4.69) is 23.0 Å². The van der Waals surface area contributed by atoms with Crippen LogP contribution >= 0.6 is 0 Å². The molecule has 0 bridgehead atoms. The summed E-state index contributed by atoms with van der Waals surface area (Å²) in [4.78, 5) is 2.29. The van der Waals surface area contributed by atoms with Crippen LogP contribution in [0, 0.1) is 0 Å². The van der Waals surface area contributed by atoms with Crippen LogP contribution in [0.15, 0.2) is 30.5 Å². The van der Waals surface area contributed by atoms with Gasteiger partial charge in [-0.1, -0.05) is 12.1 Å². The Labute approximate surface area is 112 Å². The van der Waals surface area contributed by atoms with Gasteiger partial charge in [0.15, 0.2) is 0 Å². The molecule has 5 nitrogen and oxygen atoms in total. The van der Waals surface area contributed by atoms with Gasteiger partial charge in [-0.3, -0.25) is 4.68 Å². The van der Waals surface area contributed by atoms with Crippen molar-refractivity contribution in [2.75, 3.05) is 23.8 Å². The Morgan fingerprint density at radius 1 is 1.37 bits per heavy atom. The number of ether oxygens (including phenoxy) is 1. The fourth-order valence-corrected chi connectivity index (χ4v) is 2.44. The molecule has 0 saturated heterocycles. The Morgan fingerprint density at radius 3 is 3.05 bits per heavy atom. The maximum absolute atomic E-state index is 6.01. The molecule has 2 heterocycles. The fourth-order valence-electron chi connectivity index (χ4n) is 2.44. The molecule has 19 heavy (non-hydrogen) atoms. The van der Waals surface area contributed by atoms with Crippen molar-refractivity contribution in [1.29, 1.82) is 0 Å². The minimum absolute atomic E-state index is 0.706. The van der Waals surface area contributed by atoms with Crippen LogP contribution < -0.4 is 15.4 Å². The van der Waals surface area contributed by atoms with E-state index in [0.717, 1.165) is 42.5 Å². The lowest BCUT2D eigenvalue weighted by atomic mass is 10.2. The normalized spacial score (nSPS) is 14.1. The number of fused-ring (bicyclic) bond motifs is 1. The average Bonchev–Trinajstić information content (AvgIpc) is 2.80. The van der Waals surface area contributed by atoms with Gasteiger partial charge in [-0.15, -0.1) is 0 Å². The minimum atomic E-state index is 0.706. The molecule has 0 spiro atoms. The van der Waals surface area contributed by atoms with Crippen LogP contribution in [-0.4, -0.2) is 22.9 Å². The molecule has 0 radical (unpaired) electrons. The Kier molecular flexibility index (Phi) is 3.03. The number of nitrogens with zero attached hydrogens (tertiary/aromatic N) is 3. The van der Waals surface area contributed by atoms with E-state index in [0.29, 0.717) is 6.61 Å². The van der Waals surface area contributed by atoms with Crippen LogP contribution in [-0.2, 0) is 13.1 Å². The third-order valence-corrected chi connectivity index (χ3v) is 3.45. The van der Waals surface area contributed by atoms with Gasteiger partial charge in [-0.25, -0.2) is 0 Å². The molecule has 1 aromatic heterocycles. The largest absolute Gasteiger partial charge is 0.490 e. The number of hydrogen-bond donors (Lipinski definition) is 1. The molecular formula is C14H18N4O. The lowest BCUT2D eigenvalue weighted by molar-refractivity contribution is 0.306. The predicted octanol–water partition coefficient (Wildman–Crippen LogP) is 1.88. The monoisotopic (exact) mass is 258 g/mol. The van der Waals surface area contributed by atoms with E-state index < -0.39 is 0 Å². The zero-order chi connectivity index (χ0) is 13.2. The Bertz CT molecular complexity index is 579. The second-order valence-corrected chi connectivity index (χ2v) is 4.60. The number of aryl methyl sites for hydroxylation is 1. The number of anilines is 2. The van der Waals surface area contributed by atoms with E-state index in [9.17, 15) is 0 Å². The first-order chi connectivity index (χ1) is 9.29. The summed E-state index contributed by atoms with van der Waals surface area (Å²) in [5.41, 5.74) is 8.96. The number of rotatable bonds is 3. The fraction of sp³-hybridized carbons (Fsp3) is 0.357. The number of para-hydroxylation sites is 2. The van der Waals surface area contributed by atoms with Gasteiger partial charge in [0, 0.05) is 6.54 Å². The highest BCUT2D eigenvalue weighted by atomic mass is 16.5. The molecule has 0 atom stereocenters. The van der Waals surface area contributed by atoms with Crippen molar-refractivity contribution in [3.8, 4) is 5.75 Å². The van der Waals surface area contributed by atoms with Crippen LogP contribution in [0.2, 0.25) is 0 Å². The molecule has 100 valence electrons. The first kappa shape index (κ1) is 11.9. The molecule has 0 saturated carbocycles. The predicted molar refractivity (Wildman–Crippen MR) is 75.3 cm³/mol. The van der Waals surface area contributed by atoms with E-state index in [1.54, 1.807) is 6.20 Å². The molecule has 0 aliphatic carbocycles. The van der Waals surface area contributed by atoms with E-state index in [-0.39, 0.29) is 0 Å². The standard InChI is InChI=1S/C14H18N4O/c1-2-18-13(11(15)9-16-18)10-17-7-8-19-14-6-4-3-5-12(14)17/h3-6,9H,2,7-8,10,15H2,1H3. The summed E-state index contributed by atoms with van der Waals surface area (Å²) in [6.45, 7) is 5.24. The van der Waals surface area contributed by atoms with Gasteiger partial charge in [-0.2, -0.15) is 5.10 Å². The number of aromatic nitrogens is 2. The molecule has 0 unspecified atom stereocenters. The first-order valence-corrected chi connectivity index (χ1v) is 6.56. The molecule has 5 heteroatoms. The molecular weight excluding hydrogens is 240 g/mol. The average molecular weight is 258 g/mol. The summed E-state index contributed by atoms with van der Waals surface area (Å²) >= 11 is 0. The summed E-state index contributed by atoms with van der Waals surface area (Å²) in [6, 6.07) is 8.10. The maximum Gasteiger partial charge on any atom is 0.142 e. The van der Waals surface area contributed by atoms with Crippen molar-refractivity contribution in [2.24, 2.45) is 0 Å². The molecule has 0 fully saturated rings. The van der Waals surface area contributed by atoms with Crippen molar-refractivity contribution >= 4 is 11.4 Å². The topological polar surface area (TPSA) is 56.3 Å². The molecule has 2 N–H and O–H groups in total. The zero-order valence-corrected chi connectivity index (χ0v) is 11.0. The third kappa shape index (κ3) is 2.12. The summed E-state index contributed by atoms with van der Waals surface area (Å²) in [5.74, 6) is 0.940. The van der Waals surface area contributed by atoms with Crippen LogP contribution in [0.25, 0.3) is 0 Å². The maximum atomic E-state index is 6.01. The van der Waals surface area contributed by atoms with Crippen molar-refractivity contribution in [1.82, 2.24) is 9.78 Å². The smallest absolute Gasteiger partial charge is 0.142 e. The number of benzene rings is 1. The molecule has 1 aliphatic rings. The van der Waals surface area contributed by atoms with Gasteiger partial charge in [0.05, 0.1) is 36.4 Å². The van der Waals surface area contributed by atoms with E-state index >= 15 is 0 Å². The third-order valence-electron chi connectivity index (χ3n) is 3.45. The second-order valence-electron chi connectivity index (χ2n) is 4.60. The molecule has 1 aliphatic heterocycles. The summed E-state index contributed by atoms with van der Waals surface area (Å²) in [5, 5.41) is 4.29. The zero-order valence-electron chi connectivity index (χ0n) is 11.0. The Balaban J connectivity index is 1.90. The lowest BCUT2D eigenvalue weighted by Gasteiger charge is -2.31. The van der Waals surface area contributed by atoms with Gasteiger partial charge < -0.3 is 15.4 Å². The number of nitrogen functional groups attached to an aromatic ring is 1. The van der Waals surface area contributed by atoms with E-state index in [4.69, 9.17) is 10.5 Å². The first-order valence-electron chi connectivity index (χ1n) is 6.56. The summed E-state index contributed by atoms with van der Waals surface area (Å²) < 4.78 is 7.62. The summed E-state index contributed by atoms with van der Waals surface area (Å²) in [6.07, 6.45) is 1.73. The number of nitrogens with two attached hydrogens (primary N) is 1. The van der Waals surface area contributed by atoms with Crippen molar-refractivity contribution in [3.05, 3.63) is 36.2 Å². The van der Waals surface area contributed by atoms with Crippen LogP contribution in [0.5, 0.6) is 5.75 Å². The lowest BCUT2D eigenvalue weighted by Crippen LogP contribution is -2.33. The SMILES string of the molecule is CCn1ncc(N)c1CN1CCOc2ccccc21. The van der Waals surface area contributed by atoms with Gasteiger partial charge in [0.1, 0.15) is 12.4 Å². The molecule has 2 aromatic rings. The van der Waals surface area contributed by atoms with Gasteiger partial charge in [0.2, 0.25) is 0 Å². The van der Waals surface area contributed by atoms with Crippen molar-refractivity contribution < 1.29 is 4.74 Å².